The highest BCUT2D eigenvalue weighted by molar-refractivity contribution is 7.90. The van der Waals surface area contributed by atoms with Gasteiger partial charge in [0.2, 0.25) is 0 Å². The molecular formula is C66H85ClN12O10S2. The number of aromatic nitrogens is 4. The van der Waals surface area contributed by atoms with Crippen LogP contribution < -0.4 is 40.1 Å². The van der Waals surface area contributed by atoms with Crippen LogP contribution in [0.3, 0.4) is 0 Å². The van der Waals surface area contributed by atoms with Gasteiger partial charge in [-0.1, -0.05) is 23.7 Å². The Morgan fingerprint density at radius 2 is 1.35 bits per heavy atom. The van der Waals surface area contributed by atoms with Crippen LogP contribution in [0.15, 0.2) is 70.7 Å². The second-order valence-electron chi connectivity index (χ2n) is 29.2. The topological polar surface area (TPSA) is 276 Å². The van der Waals surface area contributed by atoms with Crippen molar-refractivity contribution in [1.82, 2.24) is 34.7 Å². The molecule has 9 heterocycles. The van der Waals surface area contributed by atoms with E-state index in [-0.39, 0.29) is 49.2 Å². The molecule has 22 nitrogen and oxygen atoms in total. The van der Waals surface area contributed by atoms with Gasteiger partial charge in [0, 0.05) is 69.9 Å². The van der Waals surface area contributed by atoms with Crippen LogP contribution in [0.4, 0.5) is 29.1 Å². The molecule has 5 aliphatic heterocycles. The molecule has 4 aromatic heterocycles. The predicted octanol–water partition coefficient (Wildman–Crippen LogP) is 8.64. The molecule has 4 bridgehead atoms. The molecule has 2 unspecified atom stereocenters. The molecule has 488 valence electrons. The van der Waals surface area contributed by atoms with E-state index < -0.39 is 44.1 Å². The van der Waals surface area contributed by atoms with Gasteiger partial charge in [0.1, 0.15) is 46.5 Å². The molecule has 11 aliphatic rings. The number of amides is 4. The minimum absolute atomic E-state index is 0.110. The monoisotopic (exact) mass is 1300 g/mol. The van der Waals surface area contributed by atoms with E-state index in [2.05, 4.69) is 68.2 Å². The summed E-state index contributed by atoms with van der Waals surface area (Å²) in [5.74, 6) is 2.52. The van der Waals surface area contributed by atoms with E-state index in [9.17, 15) is 36.0 Å². The van der Waals surface area contributed by atoms with Crippen molar-refractivity contribution < 1.29 is 45.5 Å². The van der Waals surface area contributed by atoms with Crippen molar-refractivity contribution >= 4 is 84.4 Å². The number of ether oxygens (including phenoxy) is 2. The average Bonchev–Trinajstić information content (AvgIpc) is 1.45. The van der Waals surface area contributed by atoms with Gasteiger partial charge < -0.3 is 30.3 Å². The van der Waals surface area contributed by atoms with Gasteiger partial charge >= 0.3 is 0 Å². The molecule has 4 amide bonds. The molecule has 4 aromatic rings. The number of sulfonamides is 2. The summed E-state index contributed by atoms with van der Waals surface area (Å²) >= 11 is 6.35. The third-order valence-electron chi connectivity index (χ3n) is 22.7. The lowest BCUT2D eigenvalue weighted by Gasteiger charge is -2.34. The average molecular weight is 1310 g/mol. The number of halogens is 1. The quantitative estimate of drug-likeness (QED) is 0.0460. The van der Waals surface area contributed by atoms with Crippen LogP contribution in [-0.2, 0) is 39.1 Å². The van der Waals surface area contributed by atoms with Crippen molar-refractivity contribution in [3.05, 3.63) is 76.9 Å². The fourth-order valence-corrected chi connectivity index (χ4v) is 19.7. The Labute approximate surface area is 538 Å². The minimum atomic E-state index is -4.29. The highest BCUT2D eigenvalue weighted by atomic mass is 35.5. The number of nitrogens with one attached hydrogen (secondary N) is 5. The van der Waals surface area contributed by atoms with Crippen molar-refractivity contribution in [2.45, 2.75) is 177 Å². The van der Waals surface area contributed by atoms with Gasteiger partial charge in [0.25, 0.3) is 43.7 Å². The number of hydrogen-bond acceptors (Lipinski definition) is 18. The maximum atomic E-state index is 13.7. The van der Waals surface area contributed by atoms with Crippen molar-refractivity contribution in [2.75, 3.05) is 77.8 Å². The molecule has 4 atom stereocenters. The summed E-state index contributed by atoms with van der Waals surface area (Å²) in [6.45, 7) is 13.8. The van der Waals surface area contributed by atoms with E-state index in [0.717, 1.165) is 69.7 Å². The number of nitrogens with zero attached hydrogens (tertiary/aromatic N) is 7. The first-order chi connectivity index (χ1) is 43.5. The normalized spacial score (nSPS) is 27.0. The zero-order valence-electron chi connectivity index (χ0n) is 52.5. The summed E-state index contributed by atoms with van der Waals surface area (Å²) in [4.78, 5) is 76.2. The lowest BCUT2D eigenvalue weighted by molar-refractivity contribution is -0.127. The SMILES string of the molecule is CC1(C)C[C@@H]2CCCNc3cccc(n3)S(=O)(=O)NC(=O)c3ccc(N4CCC(OCCC5C6(CC6)C56CC6)C4=O)nc3N1C2.CC1(C)C[C@H](CCCNc2cccc(S(=O)(=O)NC(=O)c3ccc(N4CCC(OCCC5C6(CC6)C56CC6)C4=O)nc3Cl)n2)CN1. The maximum Gasteiger partial charge on any atom is 0.281 e. The fourth-order valence-electron chi connectivity index (χ4n) is 17.6. The summed E-state index contributed by atoms with van der Waals surface area (Å²) in [5.41, 5.74) is 2.37. The Bertz CT molecular complexity index is 3760. The predicted molar refractivity (Wildman–Crippen MR) is 343 cm³/mol. The van der Waals surface area contributed by atoms with E-state index in [4.69, 9.17) is 26.1 Å². The molecule has 15 rings (SSSR count). The largest absolute Gasteiger partial charge is 0.370 e. The zero-order valence-corrected chi connectivity index (χ0v) is 54.9. The molecule has 0 aromatic carbocycles. The summed E-state index contributed by atoms with van der Waals surface area (Å²) in [6.07, 6.45) is 19.0. The summed E-state index contributed by atoms with van der Waals surface area (Å²) in [6, 6.07) is 15.4. The van der Waals surface area contributed by atoms with Crippen molar-refractivity contribution in [1.29, 1.82) is 0 Å². The first-order valence-electron chi connectivity index (χ1n) is 33.1. The first-order valence-corrected chi connectivity index (χ1v) is 36.4. The lowest BCUT2D eigenvalue weighted by atomic mass is 9.93. The van der Waals surface area contributed by atoms with Gasteiger partial charge in [-0.2, -0.15) is 16.8 Å². The smallest absolute Gasteiger partial charge is 0.281 e. The molecule has 6 aliphatic carbocycles. The second-order valence-corrected chi connectivity index (χ2v) is 32.8. The molecule has 6 saturated carbocycles. The molecule has 5 N–H and O–H groups in total. The third kappa shape index (κ3) is 11.9. The van der Waals surface area contributed by atoms with E-state index in [1.54, 1.807) is 41.3 Å². The molecule has 4 saturated heterocycles. The highest BCUT2D eigenvalue weighted by Crippen LogP contribution is 2.94. The number of rotatable bonds is 18. The van der Waals surface area contributed by atoms with Crippen molar-refractivity contribution in [3.8, 4) is 0 Å². The number of anilines is 5. The Kier molecular flexibility index (Phi) is 15.9. The van der Waals surface area contributed by atoms with Crippen LogP contribution in [0.25, 0.3) is 0 Å². The molecular weight excluding hydrogens is 1220 g/mol. The number of fused-ring (bicyclic) bond motifs is 8. The van der Waals surface area contributed by atoms with Crippen LogP contribution in [0.2, 0.25) is 5.15 Å². The van der Waals surface area contributed by atoms with Crippen LogP contribution in [0, 0.1) is 45.3 Å². The molecule has 25 heteroatoms. The Morgan fingerprint density at radius 3 is 1.96 bits per heavy atom. The van der Waals surface area contributed by atoms with Gasteiger partial charge in [-0.25, -0.2) is 29.4 Å². The van der Waals surface area contributed by atoms with E-state index in [0.29, 0.717) is 121 Å². The fraction of sp³-hybridized carbons (Fsp3) is 0.636. The van der Waals surface area contributed by atoms with Crippen molar-refractivity contribution in [3.63, 3.8) is 0 Å². The number of pyridine rings is 4. The Hall–Kier alpha value is -6.05. The Balaban J connectivity index is 0.000000158. The van der Waals surface area contributed by atoms with Gasteiger partial charge in [-0.15, -0.1) is 0 Å². The number of hydrogen-bond donors (Lipinski definition) is 5. The standard InChI is InChI=1S/C33H43ClN6O5S.C33H42N6O5S/c1-31(2)19-21(20-36-31)5-4-16-35-25-6-3-7-27(37-25)46(43,44)39-29(41)22-8-9-26(38-28(22)34)40-17-10-23(30(40)42)45-18-11-24-32(12-13-32)33(24)14-15-33;1-31(2)19-21-5-4-16-34-25-6-3-7-27(35-25)45(42,43)37-29(40)22-8-9-26(36-28(22)39(31)20-21)38-17-10-23(30(38)41)44-18-11-24-32(12-13-32)33(24)14-15-33/h3,6-9,21,23-24,36H,4-5,10-20H2,1-2H3,(H,35,37)(H,39,41);3,6-9,21,23-24H,4-5,10-20H2,1-2H3,(H,34,35)(H,37,40)/t2*21-,23?/m00/s1. The molecule has 4 spiro atoms. The molecule has 0 radical (unpaired) electrons. The molecule has 10 fully saturated rings. The summed E-state index contributed by atoms with van der Waals surface area (Å²) in [5, 5.41) is 9.20. The summed E-state index contributed by atoms with van der Waals surface area (Å²) in [7, 11) is -8.54. The van der Waals surface area contributed by atoms with Gasteiger partial charge in [-0.3, -0.25) is 29.0 Å². The van der Waals surface area contributed by atoms with Crippen molar-refractivity contribution in [2.24, 2.45) is 45.3 Å². The number of carbonyl (C=O) groups is 4. The summed E-state index contributed by atoms with van der Waals surface area (Å²) < 4.78 is 69.0. The second kappa shape index (κ2) is 23.2. The van der Waals surface area contributed by atoms with E-state index in [1.807, 2.05) is 4.72 Å². The van der Waals surface area contributed by atoms with E-state index in [1.165, 1.54) is 80.5 Å². The Morgan fingerprint density at radius 1 is 0.736 bits per heavy atom. The van der Waals surface area contributed by atoms with Crippen LogP contribution >= 0.6 is 11.6 Å². The highest BCUT2D eigenvalue weighted by Gasteiger charge is 2.86. The first kappa shape index (κ1) is 62.4. The van der Waals surface area contributed by atoms with Crippen LogP contribution in [0.1, 0.15) is 164 Å². The van der Waals surface area contributed by atoms with E-state index >= 15 is 0 Å². The molecule has 91 heavy (non-hydrogen) atoms. The minimum Gasteiger partial charge on any atom is -0.370 e. The third-order valence-corrected chi connectivity index (χ3v) is 25.4. The van der Waals surface area contributed by atoms with Gasteiger partial charge in [0.05, 0.1) is 11.1 Å². The van der Waals surface area contributed by atoms with Crippen LogP contribution in [-0.4, -0.2) is 136 Å². The maximum absolute atomic E-state index is 13.7. The van der Waals surface area contributed by atoms with Crippen LogP contribution in [0.5, 0.6) is 0 Å². The van der Waals surface area contributed by atoms with Gasteiger partial charge in [-0.05, 0) is 231 Å². The lowest BCUT2D eigenvalue weighted by Crippen LogP contribution is -2.41. The zero-order chi connectivity index (χ0) is 63.5. The number of carbonyl (C=O) groups excluding carboxylic acids is 4. The van der Waals surface area contributed by atoms with Gasteiger partial charge in [0.15, 0.2) is 10.1 Å².